The van der Waals surface area contributed by atoms with Crippen molar-refractivity contribution in [1.82, 2.24) is 15.0 Å². The third-order valence-electron chi connectivity index (χ3n) is 3.11. The molecule has 3 aromatic rings. The summed E-state index contributed by atoms with van der Waals surface area (Å²) in [4.78, 5) is 13.0. The summed E-state index contributed by atoms with van der Waals surface area (Å²) in [5.74, 6) is 1.37. The monoisotopic (exact) mass is 340 g/mol. The SMILES string of the molecule is Cc1ccc(-c2nc(N)nc(-c3ccccc3)n2)cc1Br. The van der Waals surface area contributed by atoms with Crippen LogP contribution >= 0.6 is 15.9 Å². The normalized spacial score (nSPS) is 10.6. The van der Waals surface area contributed by atoms with Gasteiger partial charge in [0, 0.05) is 15.6 Å². The smallest absolute Gasteiger partial charge is 0.224 e. The van der Waals surface area contributed by atoms with E-state index in [-0.39, 0.29) is 5.95 Å². The maximum Gasteiger partial charge on any atom is 0.224 e. The van der Waals surface area contributed by atoms with Crippen molar-refractivity contribution in [2.45, 2.75) is 6.92 Å². The fourth-order valence-corrected chi connectivity index (χ4v) is 2.35. The standard InChI is InChI=1S/C16H13BrN4/c1-10-7-8-12(9-13(10)17)15-19-14(20-16(18)21-15)11-5-3-2-4-6-11/h2-9H,1H3,(H2,18,19,20,21). The molecule has 21 heavy (non-hydrogen) atoms. The molecule has 104 valence electrons. The van der Waals surface area contributed by atoms with Gasteiger partial charge in [-0.15, -0.1) is 0 Å². The first-order chi connectivity index (χ1) is 10.1. The molecule has 2 aromatic carbocycles. The highest BCUT2D eigenvalue weighted by Gasteiger charge is 2.09. The number of aryl methyl sites for hydroxylation is 1. The molecular weight excluding hydrogens is 328 g/mol. The van der Waals surface area contributed by atoms with Crippen LogP contribution < -0.4 is 5.73 Å². The number of halogens is 1. The summed E-state index contributed by atoms with van der Waals surface area (Å²) in [6.07, 6.45) is 0. The fourth-order valence-electron chi connectivity index (χ4n) is 1.97. The third kappa shape index (κ3) is 2.92. The first-order valence-corrected chi connectivity index (χ1v) is 7.26. The van der Waals surface area contributed by atoms with Gasteiger partial charge >= 0.3 is 0 Å². The minimum Gasteiger partial charge on any atom is -0.368 e. The number of nitrogens with two attached hydrogens (primary N) is 1. The molecule has 0 unspecified atom stereocenters. The molecular formula is C16H13BrN4. The van der Waals surface area contributed by atoms with Gasteiger partial charge in [-0.2, -0.15) is 9.97 Å². The predicted octanol–water partition coefficient (Wildman–Crippen LogP) is 3.86. The van der Waals surface area contributed by atoms with Crippen molar-refractivity contribution < 1.29 is 0 Å². The largest absolute Gasteiger partial charge is 0.368 e. The van der Waals surface area contributed by atoms with E-state index in [1.54, 1.807) is 0 Å². The second kappa shape index (κ2) is 5.61. The molecule has 5 heteroatoms. The summed E-state index contributed by atoms with van der Waals surface area (Å²) in [6.45, 7) is 2.03. The molecule has 0 aliphatic heterocycles. The average Bonchev–Trinajstić information content (AvgIpc) is 2.50. The minimum atomic E-state index is 0.218. The number of anilines is 1. The van der Waals surface area contributed by atoms with E-state index < -0.39 is 0 Å². The molecule has 0 spiro atoms. The van der Waals surface area contributed by atoms with Crippen molar-refractivity contribution in [3.8, 4) is 22.8 Å². The average molecular weight is 341 g/mol. The zero-order chi connectivity index (χ0) is 14.8. The molecule has 4 nitrogen and oxygen atoms in total. The van der Waals surface area contributed by atoms with Crippen molar-refractivity contribution in [3.63, 3.8) is 0 Å². The van der Waals surface area contributed by atoms with Crippen molar-refractivity contribution in [3.05, 3.63) is 58.6 Å². The van der Waals surface area contributed by atoms with E-state index in [4.69, 9.17) is 5.73 Å². The summed E-state index contributed by atoms with van der Waals surface area (Å²) < 4.78 is 1.01. The molecule has 0 atom stereocenters. The van der Waals surface area contributed by atoms with E-state index in [9.17, 15) is 0 Å². The second-order valence-corrected chi connectivity index (χ2v) is 5.53. The van der Waals surface area contributed by atoms with Crippen molar-refractivity contribution in [2.75, 3.05) is 5.73 Å². The van der Waals surface area contributed by atoms with Crippen LogP contribution in [0.2, 0.25) is 0 Å². The Bertz CT molecular complexity index is 788. The number of hydrogen-bond acceptors (Lipinski definition) is 4. The Morgan fingerprint density at radius 3 is 2.19 bits per heavy atom. The Morgan fingerprint density at radius 2 is 1.52 bits per heavy atom. The number of nitrogen functional groups attached to an aromatic ring is 1. The number of rotatable bonds is 2. The van der Waals surface area contributed by atoms with Crippen LogP contribution in [0.25, 0.3) is 22.8 Å². The van der Waals surface area contributed by atoms with Gasteiger partial charge in [0.05, 0.1) is 0 Å². The topological polar surface area (TPSA) is 64.7 Å². The van der Waals surface area contributed by atoms with E-state index in [2.05, 4.69) is 30.9 Å². The molecule has 3 rings (SSSR count). The first kappa shape index (κ1) is 13.7. The molecule has 0 saturated carbocycles. The number of hydrogen-bond donors (Lipinski definition) is 1. The maximum absolute atomic E-state index is 5.83. The summed E-state index contributed by atoms with van der Waals surface area (Å²) in [5.41, 5.74) is 8.80. The van der Waals surface area contributed by atoms with Gasteiger partial charge in [-0.3, -0.25) is 0 Å². The molecule has 0 saturated heterocycles. The Hall–Kier alpha value is -2.27. The molecule has 0 aliphatic rings. The lowest BCUT2D eigenvalue weighted by atomic mass is 10.1. The molecule has 0 fully saturated rings. The van der Waals surface area contributed by atoms with Gasteiger partial charge in [0.25, 0.3) is 0 Å². The van der Waals surface area contributed by atoms with Crippen LogP contribution in [0.3, 0.4) is 0 Å². The van der Waals surface area contributed by atoms with Crippen LogP contribution in [-0.4, -0.2) is 15.0 Å². The Kier molecular flexibility index (Phi) is 3.66. The second-order valence-electron chi connectivity index (χ2n) is 4.67. The third-order valence-corrected chi connectivity index (χ3v) is 3.97. The fraction of sp³-hybridized carbons (Fsp3) is 0.0625. The Balaban J connectivity index is 2.11. The van der Waals surface area contributed by atoms with E-state index in [0.29, 0.717) is 11.6 Å². The van der Waals surface area contributed by atoms with Gasteiger partial charge in [-0.25, -0.2) is 4.98 Å². The number of benzene rings is 2. The quantitative estimate of drug-likeness (QED) is 0.769. The highest BCUT2D eigenvalue weighted by Crippen LogP contribution is 2.25. The lowest BCUT2D eigenvalue weighted by Gasteiger charge is -2.06. The highest BCUT2D eigenvalue weighted by atomic mass is 79.9. The first-order valence-electron chi connectivity index (χ1n) is 6.47. The van der Waals surface area contributed by atoms with E-state index >= 15 is 0 Å². The molecule has 0 bridgehead atoms. The van der Waals surface area contributed by atoms with Crippen LogP contribution in [0.15, 0.2) is 53.0 Å². The molecule has 1 heterocycles. The van der Waals surface area contributed by atoms with Gasteiger partial charge in [-0.05, 0) is 18.6 Å². The van der Waals surface area contributed by atoms with Gasteiger partial charge in [-0.1, -0.05) is 58.4 Å². The van der Waals surface area contributed by atoms with Gasteiger partial charge in [0.2, 0.25) is 5.95 Å². The zero-order valence-corrected chi connectivity index (χ0v) is 13.0. The molecule has 0 amide bonds. The molecule has 1 aromatic heterocycles. The molecule has 2 N–H and O–H groups in total. The summed E-state index contributed by atoms with van der Waals surface area (Å²) in [6, 6.07) is 15.7. The predicted molar refractivity (Wildman–Crippen MR) is 87.5 cm³/mol. The Labute approximate surface area is 131 Å². The highest BCUT2D eigenvalue weighted by molar-refractivity contribution is 9.10. The molecule has 0 radical (unpaired) electrons. The minimum absolute atomic E-state index is 0.218. The van der Waals surface area contributed by atoms with Gasteiger partial charge in [0.1, 0.15) is 0 Å². The van der Waals surface area contributed by atoms with E-state index in [0.717, 1.165) is 21.2 Å². The van der Waals surface area contributed by atoms with Crippen LogP contribution in [0.4, 0.5) is 5.95 Å². The number of nitrogens with zero attached hydrogens (tertiary/aromatic N) is 3. The van der Waals surface area contributed by atoms with E-state index in [1.807, 2.05) is 55.5 Å². The van der Waals surface area contributed by atoms with Crippen LogP contribution in [-0.2, 0) is 0 Å². The van der Waals surface area contributed by atoms with Crippen LogP contribution in [0.1, 0.15) is 5.56 Å². The van der Waals surface area contributed by atoms with Crippen LogP contribution in [0, 0.1) is 6.92 Å². The Morgan fingerprint density at radius 1 is 0.857 bits per heavy atom. The number of aromatic nitrogens is 3. The summed E-state index contributed by atoms with van der Waals surface area (Å²) >= 11 is 3.52. The maximum atomic E-state index is 5.83. The zero-order valence-electron chi connectivity index (χ0n) is 11.4. The summed E-state index contributed by atoms with van der Waals surface area (Å²) in [5, 5.41) is 0. The van der Waals surface area contributed by atoms with E-state index in [1.165, 1.54) is 0 Å². The lowest BCUT2D eigenvalue weighted by Crippen LogP contribution is -2.02. The lowest BCUT2D eigenvalue weighted by molar-refractivity contribution is 1.08. The summed E-state index contributed by atoms with van der Waals surface area (Å²) in [7, 11) is 0. The van der Waals surface area contributed by atoms with Crippen molar-refractivity contribution >= 4 is 21.9 Å². The van der Waals surface area contributed by atoms with Crippen molar-refractivity contribution in [1.29, 1.82) is 0 Å². The molecule has 0 aliphatic carbocycles. The van der Waals surface area contributed by atoms with Gasteiger partial charge in [0.15, 0.2) is 11.6 Å². The van der Waals surface area contributed by atoms with Gasteiger partial charge < -0.3 is 5.73 Å². The van der Waals surface area contributed by atoms with Crippen LogP contribution in [0.5, 0.6) is 0 Å². The van der Waals surface area contributed by atoms with Crippen molar-refractivity contribution in [2.24, 2.45) is 0 Å².